The molecule has 0 radical (unpaired) electrons. The molecule has 0 unspecified atom stereocenters. The molecule has 134 valence electrons. The highest BCUT2D eigenvalue weighted by atomic mass is 79.9. The minimum Gasteiger partial charge on any atom is -0.332 e. The van der Waals surface area contributed by atoms with Crippen molar-refractivity contribution in [3.05, 3.63) is 57.6 Å². The molecule has 2 aromatic carbocycles. The van der Waals surface area contributed by atoms with Crippen LogP contribution < -0.4 is 10.6 Å². The number of hydrogen-bond donors (Lipinski definition) is 2. The fourth-order valence-corrected chi connectivity index (χ4v) is 2.38. The molecule has 0 fully saturated rings. The zero-order valence-corrected chi connectivity index (χ0v) is 14.1. The third-order valence-corrected chi connectivity index (χ3v) is 3.83. The Morgan fingerprint density at radius 3 is 1.92 bits per heavy atom. The summed E-state index contributed by atoms with van der Waals surface area (Å²) in [7, 11) is 0. The summed E-state index contributed by atoms with van der Waals surface area (Å²) < 4.78 is 91.9. The molecule has 11 heteroatoms. The van der Waals surface area contributed by atoms with E-state index in [0.717, 1.165) is 18.2 Å². The normalized spacial score (nSPS) is 11.4. The van der Waals surface area contributed by atoms with Crippen LogP contribution in [0.5, 0.6) is 0 Å². The maximum Gasteiger partial charge on any atom is 0.418 e. The number of halogens is 8. The van der Waals surface area contributed by atoms with Gasteiger partial charge >= 0.3 is 6.18 Å². The van der Waals surface area contributed by atoms with E-state index in [1.165, 1.54) is 6.07 Å². The van der Waals surface area contributed by atoms with Crippen LogP contribution in [0.1, 0.15) is 5.56 Å². The average Bonchev–Trinajstić information content (AvgIpc) is 2.54. The lowest BCUT2D eigenvalue weighted by atomic mass is 10.1. The smallest absolute Gasteiger partial charge is 0.332 e. The zero-order chi connectivity index (χ0) is 18.9. The van der Waals surface area contributed by atoms with Crippen molar-refractivity contribution in [3.8, 4) is 0 Å². The van der Waals surface area contributed by atoms with E-state index >= 15 is 0 Å². The van der Waals surface area contributed by atoms with Gasteiger partial charge in [0, 0.05) is 0 Å². The second kappa shape index (κ2) is 7.16. The molecular formula is C14H6BrF7N2S. The van der Waals surface area contributed by atoms with Crippen molar-refractivity contribution in [1.82, 2.24) is 0 Å². The molecule has 0 aromatic heterocycles. The van der Waals surface area contributed by atoms with Gasteiger partial charge in [-0.3, -0.25) is 0 Å². The fourth-order valence-electron chi connectivity index (χ4n) is 1.82. The summed E-state index contributed by atoms with van der Waals surface area (Å²) in [5.41, 5.74) is -2.88. The van der Waals surface area contributed by atoms with Crippen molar-refractivity contribution < 1.29 is 30.7 Å². The Balaban J connectivity index is 2.32. The molecule has 0 aliphatic carbocycles. The average molecular weight is 447 g/mol. The number of rotatable bonds is 2. The van der Waals surface area contributed by atoms with Gasteiger partial charge in [0.1, 0.15) is 5.69 Å². The molecule has 2 N–H and O–H groups in total. The highest BCUT2D eigenvalue weighted by Gasteiger charge is 2.33. The summed E-state index contributed by atoms with van der Waals surface area (Å²) >= 11 is 6.99. The van der Waals surface area contributed by atoms with Gasteiger partial charge in [0.15, 0.2) is 28.4 Å². The van der Waals surface area contributed by atoms with Gasteiger partial charge in [0.05, 0.1) is 15.7 Å². The van der Waals surface area contributed by atoms with E-state index in [-0.39, 0.29) is 0 Å². The molecule has 0 aliphatic rings. The van der Waals surface area contributed by atoms with Crippen LogP contribution in [-0.2, 0) is 6.18 Å². The van der Waals surface area contributed by atoms with Gasteiger partial charge in [-0.15, -0.1) is 0 Å². The predicted octanol–water partition coefficient (Wildman–Crippen LogP) is 5.83. The predicted molar refractivity (Wildman–Crippen MR) is 85.3 cm³/mol. The molecule has 0 atom stereocenters. The first-order chi connectivity index (χ1) is 11.5. The van der Waals surface area contributed by atoms with Gasteiger partial charge in [0.25, 0.3) is 0 Å². The summed E-state index contributed by atoms with van der Waals surface area (Å²) in [5.74, 6) is -7.03. The van der Waals surface area contributed by atoms with E-state index in [0.29, 0.717) is 0 Å². The van der Waals surface area contributed by atoms with Crippen LogP contribution in [-0.4, -0.2) is 5.11 Å². The Hall–Kier alpha value is -1.88. The highest BCUT2D eigenvalue weighted by molar-refractivity contribution is 9.10. The Bertz CT molecular complexity index is 810. The van der Waals surface area contributed by atoms with Gasteiger partial charge in [-0.1, -0.05) is 12.1 Å². The van der Waals surface area contributed by atoms with Crippen LogP contribution in [0.15, 0.2) is 28.7 Å². The van der Waals surface area contributed by atoms with Crippen molar-refractivity contribution in [2.24, 2.45) is 0 Å². The Morgan fingerprint density at radius 1 is 0.880 bits per heavy atom. The van der Waals surface area contributed by atoms with Gasteiger partial charge < -0.3 is 10.6 Å². The van der Waals surface area contributed by atoms with Crippen molar-refractivity contribution >= 4 is 44.6 Å². The number of anilines is 2. The molecule has 0 saturated heterocycles. The molecule has 2 rings (SSSR count). The van der Waals surface area contributed by atoms with E-state index in [1.54, 1.807) is 0 Å². The zero-order valence-electron chi connectivity index (χ0n) is 11.7. The number of nitrogens with one attached hydrogen (secondary N) is 2. The first kappa shape index (κ1) is 19.4. The van der Waals surface area contributed by atoms with Gasteiger partial charge in [-0.25, -0.2) is 17.6 Å². The number of para-hydroxylation sites is 1. The molecular weight excluding hydrogens is 441 g/mol. The molecule has 0 bridgehead atoms. The van der Waals surface area contributed by atoms with E-state index in [4.69, 9.17) is 0 Å². The van der Waals surface area contributed by atoms with Gasteiger partial charge in [-0.05, 0) is 40.3 Å². The molecule has 0 saturated carbocycles. The third-order valence-electron chi connectivity index (χ3n) is 2.93. The second-order valence-corrected chi connectivity index (χ2v) is 5.77. The van der Waals surface area contributed by atoms with Crippen LogP contribution in [0.2, 0.25) is 0 Å². The van der Waals surface area contributed by atoms with Crippen LogP contribution >= 0.6 is 28.1 Å². The van der Waals surface area contributed by atoms with Crippen molar-refractivity contribution in [2.75, 3.05) is 10.6 Å². The first-order valence-corrected chi connectivity index (χ1v) is 7.49. The fraction of sp³-hybridized carbons (Fsp3) is 0.0714. The lowest BCUT2D eigenvalue weighted by Crippen LogP contribution is -2.23. The third kappa shape index (κ3) is 4.03. The Labute approximate surface area is 150 Å². The maximum absolute atomic E-state index is 13.7. The second-order valence-electron chi connectivity index (χ2n) is 4.57. The first-order valence-electron chi connectivity index (χ1n) is 6.29. The summed E-state index contributed by atoms with van der Waals surface area (Å²) in [4.78, 5) is 0. The largest absolute Gasteiger partial charge is 0.418 e. The number of hydrogen-bond acceptors (Lipinski definition) is 1. The quantitative estimate of drug-likeness (QED) is 0.262. The van der Waals surface area contributed by atoms with Crippen LogP contribution in [0.25, 0.3) is 0 Å². The summed E-state index contributed by atoms with van der Waals surface area (Å²) in [5, 5.41) is 3.20. The molecule has 2 nitrogen and oxygen atoms in total. The number of benzene rings is 2. The molecule has 0 aliphatic heterocycles. The monoisotopic (exact) mass is 446 g/mol. The molecule has 2 aromatic rings. The number of thiocarbonyl (C=S) groups is 1. The topological polar surface area (TPSA) is 24.1 Å². The lowest BCUT2D eigenvalue weighted by molar-refractivity contribution is -0.136. The molecule has 0 spiro atoms. The van der Waals surface area contributed by atoms with E-state index < -0.39 is 56.0 Å². The van der Waals surface area contributed by atoms with E-state index in [2.05, 4.69) is 33.5 Å². The minimum atomic E-state index is -4.72. The highest BCUT2D eigenvalue weighted by Crippen LogP contribution is 2.35. The van der Waals surface area contributed by atoms with Crippen molar-refractivity contribution in [2.45, 2.75) is 6.18 Å². The molecule has 0 heterocycles. The van der Waals surface area contributed by atoms with Gasteiger partial charge in [-0.2, -0.15) is 13.2 Å². The minimum absolute atomic E-state index is 0.508. The van der Waals surface area contributed by atoms with Crippen molar-refractivity contribution in [3.63, 3.8) is 0 Å². The van der Waals surface area contributed by atoms with Crippen LogP contribution in [0, 0.1) is 23.3 Å². The Kier molecular flexibility index (Phi) is 5.57. The van der Waals surface area contributed by atoms with E-state index in [9.17, 15) is 30.7 Å². The maximum atomic E-state index is 13.7. The van der Waals surface area contributed by atoms with Crippen LogP contribution in [0.3, 0.4) is 0 Å². The SMILES string of the molecule is Fc1c(F)c(NC(=S)Nc2ccccc2C(F)(F)F)c(F)c(F)c1Br. The summed E-state index contributed by atoms with van der Waals surface area (Å²) in [6.07, 6.45) is -4.72. The molecule has 0 amide bonds. The van der Waals surface area contributed by atoms with Crippen LogP contribution in [0.4, 0.5) is 42.1 Å². The number of alkyl halides is 3. The van der Waals surface area contributed by atoms with Gasteiger partial charge in [0.2, 0.25) is 0 Å². The standard InChI is InChI=1S/C14H6BrF7N2S/c15-7-8(16)10(18)12(11(19)9(7)17)24-13(25)23-6-4-2-1-3-5(6)14(20,21)22/h1-4H,(H2,23,24,25). The Morgan fingerprint density at radius 2 is 1.40 bits per heavy atom. The van der Waals surface area contributed by atoms with Crippen molar-refractivity contribution in [1.29, 1.82) is 0 Å². The van der Waals surface area contributed by atoms with E-state index in [1.807, 2.05) is 5.32 Å². The summed E-state index contributed by atoms with van der Waals surface area (Å²) in [6.45, 7) is 0. The summed E-state index contributed by atoms with van der Waals surface area (Å²) in [6, 6.07) is 4.17. The lowest BCUT2D eigenvalue weighted by Gasteiger charge is -2.16. The molecule has 25 heavy (non-hydrogen) atoms.